The Balaban J connectivity index is 2.12. The molecule has 42 valence electrons. The molecule has 0 N–H and O–H groups in total. The van der Waals surface area contributed by atoms with Gasteiger partial charge in [0.15, 0.2) is 0 Å². The molecule has 0 aromatic rings. The van der Waals surface area contributed by atoms with E-state index in [-0.39, 0.29) is 0 Å². The number of rotatable bonds is 0. The summed E-state index contributed by atoms with van der Waals surface area (Å²) in [7, 11) is 0. The molecule has 0 spiro atoms. The van der Waals surface area contributed by atoms with Crippen molar-refractivity contribution in [3.05, 3.63) is 0 Å². The van der Waals surface area contributed by atoms with Crippen LogP contribution in [0.4, 0.5) is 0 Å². The summed E-state index contributed by atoms with van der Waals surface area (Å²) >= 11 is 2.77. The molecule has 1 fully saturated rings. The predicted octanol–water partition coefficient (Wildman–Crippen LogP) is 1.64. The van der Waals surface area contributed by atoms with E-state index < -0.39 is 0 Å². The first-order chi connectivity index (χ1) is 3.39. The predicted molar refractivity (Wildman–Crippen MR) is 34.0 cm³/mol. The second-order valence-corrected chi connectivity index (χ2v) is 3.82. The third-order valence-electron chi connectivity index (χ3n) is 1.57. The van der Waals surface area contributed by atoms with E-state index in [2.05, 4.69) is 16.0 Å². The zero-order valence-electron chi connectivity index (χ0n) is 4.56. The van der Waals surface area contributed by atoms with Crippen LogP contribution in [0.5, 0.6) is 0 Å². The van der Waals surface area contributed by atoms with Crippen molar-refractivity contribution in [1.29, 1.82) is 0 Å². The van der Waals surface area contributed by atoms with E-state index in [1.165, 1.54) is 32.1 Å². The summed E-state index contributed by atoms with van der Waals surface area (Å²) in [5.74, 6) is 0. The van der Waals surface area contributed by atoms with Crippen LogP contribution in [0.1, 0.15) is 32.1 Å². The van der Waals surface area contributed by atoms with Gasteiger partial charge in [-0.1, -0.05) is 0 Å². The number of hydrogen-bond donors (Lipinski definition) is 0. The fourth-order valence-corrected chi connectivity index (χ4v) is 1.85. The second-order valence-electron chi connectivity index (χ2n) is 2.29. The fraction of sp³-hybridized carbons (Fsp3) is 1.00. The first-order valence-corrected chi connectivity index (χ1v) is 4.16. The third kappa shape index (κ3) is 1.83. The molecule has 0 heterocycles. The van der Waals surface area contributed by atoms with E-state index in [1.807, 2.05) is 0 Å². The summed E-state index contributed by atoms with van der Waals surface area (Å²) in [6.07, 6.45) is 7.34. The van der Waals surface area contributed by atoms with Gasteiger partial charge in [-0.15, -0.1) is 0 Å². The average molecular weight is 163 g/mol. The molecule has 1 saturated carbocycles. The van der Waals surface area contributed by atoms with Gasteiger partial charge in [0.05, 0.1) is 0 Å². The van der Waals surface area contributed by atoms with Gasteiger partial charge in [-0.05, 0) is 0 Å². The molecular formula is C6H12Se. The Morgan fingerprint density at radius 2 is 1.57 bits per heavy atom. The molecule has 0 bridgehead atoms. The Hall–Kier alpha value is 0.519. The van der Waals surface area contributed by atoms with Gasteiger partial charge in [-0.3, -0.25) is 0 Å². The maximum atomic E-state index is 2.77. The van der Waals surface area contributed by atoms with E-state index in [9.17, 15) is 0 Å². The van der Waals surface area contributed by atoms with Crippen molar-refractivity contribution in [3.8, 4) is 0 Å². The van der Waals surface area contributed by atoms with Gasteiger partial charge in [0, 0.05) is 0 Å². The van der Waals surface area contributed by atoms with Crippen molar-refractivity contribution in [2.75, 3.05) is 0 Å². The molecule has 0 nitrogen and oxygen atoms in total. The van der Waals surface area contributed by atoms with Crippen LogP contribution in [0.2, 0.25) is 4.82 Å². The molecule has 0 amide bonds. The monoisotopic (exact) mass is 164 g/mol. The molecule has 1 aliphatic carbocycles. The molecule has 0 atom stereocenters. The standard InChI is InChI=1S/C6H12Se/c7-6-4-2-1-3-5-6/h6-7H,1-5H2. The summed E-state index contributed by atoms with van der Waals surface area (Å²) in [5.41, 5.74) is 0. The van der Waals surface area contributed by atoms with E-state index in [0.717, 1.165) is 4.82 Å². The molecule has 0 aromatic carbocycles. The van der Waals surface area contributed by atoms with E-state index in [0.29, 0.717) is 0 Å². The minimum absolute atomic E-state index is 0.973. The molecule has 0 saturated heterocycles. The Morgan fingerprint density at radius 3 is 1.86 bits per heavy atom. The first-order valence-electron chi connectivity index (χ1n) is 3.07. The molecule has 0 unspecified atom stereocenters. The topological polar surface area (TPSA) is 0 Å². The molecule has 0 aliphatic heterocycles. The average Bonchev–Trinajstić information content (AvgIpc) is 1.69. The number of hydrogen-bond acceptors (Lipinski definition) is 0. The van der Waals surface area contributed by atoms with Crippen LogP contribution in [-0.4, -0.2) is 16.0 Å². The van der Waals surface area contributed by atoms with Gasteiger partial charge in [0.1, 0.15) is 0 Å². The molecule has 1 rings (SSSR count). The quantitative estimate of drug-likeness (QED) is 0.476. The Labute approximate surface area is 53.5 Å². The van der Waals surface area contributed by atoms with Crippen LogP contribution in [0.25, 0.3) is 0 Å². The molecule has 0 radical (unpaired) electrons. The zero-order valence-corrected chi connectivity index (χ0v) is 6.44. The molecule has 0 aromatic heterocycles. The van der Waals surface area contributed by atoms with Crippen LogP contribution < -0.4 is 0 Å². The molecule has 1 heteroatoms. The van der Waals surface area contributed by atoms with Crippen molar-refractivity contribution in [1.82, 2.24) is 0 Å². The maximum absolute atomic E-state index is 2.77. The molecular weight excluding hydrogens is 151 g/mol. The zero-order chi connectivity index (χ0) is 5.11. The van der Waals surface area contributed by atoms with Crippen LogP contribution in [-0.2, 0) is 0 Å². The van der Waals surface area contributed by atoms with Crippen molar-refractivity contribution in [3.63, 3.8) is 0 Å². The normalized spacial score (nSPS) is 25.3. The van der Waals surface area contributed by atoms with Crippen LogP contribution in [0.15, 0.2) is 0 Å². The van der Waals surface area contributed by atoms with Gasteiger partial charge in [-0.25, -0.2) is 0 Å². The van der Waals surface area contributed by atoms with Gasteiger partial charge >= 0.3 is 52.9 Å². The van der Waals surface area contributed by atoms with Crippen molar-refractivity contribution in [2.24, 2.45) is 0 Å². The van der Waals surface area contributed by atoms with Crippen molar-refractivity contribution >= 4 is 16.0 Å². The fourth-order valence-electron chi connectivity index (χ4n) is 1.08. The van der Waals surface area contributed by atoms with Crippen molar-refractivity contribution in [2.45, 2.75) is 36.9 Å². The van der Waals surface area contributed by atoms with E-state index in [1.54, 1.807) is 0 Å². The van der Waals surface area contributed by atoms with Gasteiger partial charge < -0.3 is 0 Å². The summed E-state index contributed by atoms with van der Waals surface area (Å²) in [5, 5.41) is 0. The Morgan fingerprint density at radius 1 is 1.00 bits per heavy atom. The second kappa shape index (κ2) is 2.74. The van der Waals surface area contributed by atoms with E-state index in [4.69, 9.17) is 0 Å². The summed E-state index contributed by atoms with van der Waals surface area (Å²) in [4.78, 5) is 0.973. The summed E-state index contributed by atoms with van der Waals surface area (Å²) in [6.45, 7) is 0. The summed E-state index contributed by atoms with van der Waals surface area (Å²) in [6, 6.07) is 0. The Kier molecular flexibility index (Phi) is 2.21. The summed E-state index contributed by atoms with van der Waals surface area (Å²) < 4.78 is 0. The van der Waals surface area contributed by atoms with Crippen LogP contribution >= 0.6 is 0 Å². The SMILES string of the molecule is [SeH]C1CCCCC1. The van der Waals surface area contributed by atoms with Gasteiger partial charge in [0.25, 0.3) is 0 Å². The van der Waals surface area contributed by atoms with Gasteiger partial charge in [0.2, 0.25) is 0 Å². The van der Waals surface area contributed by atoms with Crippen LogP contribution in [0, 0.1) is 0 Å². The first kappa shape index (κ1) is 5.65. The Bertz CT molecular complexity index is 46.1. The third-order valence-corrected chi connectivity index (χ3v) is 2.66. The minimum atomic E-state index is 0.973. The van der Waals surface area contributed by atoms with Gasteiger partial charge in [-0.2, -0.15) is 0 Å². The molecule has 1 aliphatic rings. The van der Waals surface area contributed by atoms with Crippen LogP contribution in [0.3, 0.4) is 0 Å². The molecule has 7 heavy (non-hydrogen) atoms. The van der Waals surface area contributed by atoms with E-state index >= 15 is 0 Å². The van der Waals surface area contributed by atoms with Crippen molar-refractivity contribution < 1.29 is 0 Å².